The number of anilines is 1. The normalized spacial score (nSPS) is 10.5. The third-order valence-corrected chi connectivity index (χ3v) is 3.99. The Balaban J connectivity index is 1.47. The Labute approximate surface area is 153 Å². The highest BCUT2D eigenvalue weighted by Crippen LogP contribution is 2.26. The molecule has 3 aromatic rings. The average Bonchev–Trinajstić information content (AvgIpc) is 2.66. The molecule has 0 saturated heterocycles. The monoisotopic (exact) mass is 349 g/mol. The number of ether oxygens (including phenoxy) is 2. The van der Waals surface area contributed by atoms with E-state index in [1.165, 1.54) is 0 Å². The van der Waals surface area contributed by atoms with Crippen LogP contribution < -0.4 is 14.8 Å². The van der Waals surface area contributed by atoms with E-state index < -0.39 is 0 Å². The Kier molecular flexibility index (Phi) is 6.09. The van der Waals surface area contributed by atoms with E-state index in [0.717, 1.165) is 22.2 Å². The van der Waals surface area contributed by atoms with Gasteiger partial charge in [-0.25, -0.2) is 0 Å². The molecule has 1 amide bonds. The lowest BCUT2D eigenvalue weighted by Crippen LogP contribution is -2.12. The van der Waals surface area contributed by atoms with Crippen LogP contribution in [0.5, 0.6) is 11.5 Å². The molecule has 3 aromatic carbocycles. The van der Waals surface area contributed by atoms with Gasteiger partial charge in [-0.15, -0.1) is 0 Å². The number of rotatable bonds is 8. The van der Waals surface area contributed by atoms with Crippen LogP contribution in [-0.2, 0) is 4.79 Å². The first-order valence-corrected chi connectivity index (χ1v) is 8.89. The van der Waals surface area contributed by atoms with Gasteiger partial charge in [-0.3, -0.25) is 4.79 Å². The molecule has 0 radical (unpaired) electrons. The van der Waals surface area contributed by atoms with E-state index >= 15 is 0 Å². The van der Waals surface area contributed by atoms with Gasteiger partial charge in [0.25, 0.3) is 0 Å². The molecular weight excluding hydrogens is 326 g/mol. The molecule has 0 heterocycles. The number of hydrogen-bond acceptors (Lipinski definition) is 3. The van der Waals surface area contributed by atoms with E-state index in [0.29, 0.717) is 31.8 Å². The Hall–Kier alpha value is -3.01. The smallest absolute Gasteiger partial charge is 0.224 e. The molecular formula is C22H23NO3. The second-order valence-electron chi connectivity index (χ2n) is 5.94. The summed E-state index contributed by atoms with van der Waals surface area (Å²) in [6, 6.07) is 21.6. The lowest BCUT2D eigenvalue weighted by molar-refractivity contribution is -0.116. The molecule has 0 spiro atoms. The molecule has 0 aromatic heterocycles. The van der Waals surface area contributed by atoms with Gasteiger partial charge in [-0.05, 0) is 48.4 Å². The molecule has 134 valence electrons. The molecule has 26 heavy (non-hydrogen) atoms. The predicted molar refractivity (Wildman–Crippen MR) is 105 cm³/mol. The molecule has 1 N–H and O–H groups in total. The fraction of sp³-hybridized carbons (Fsp3) is 0.227. The third-order valence-electron chi connectivity index (χ3n) is 3.99. The minimum atomic E-state index is -0.0121. The quantitative estimate of drug-likeness (QED) is 0.580. The van der Waals surface area contributed by atoms with Crippen molar-refractivity contribution in [2.24, 2.45) is 0 Å². The maximum absolute atomic E-state index is 12.1. The van der Waals surface area contributed by atoms with Crippen molar-refractivity contribution >= 4 is 22.4 Å². The van der Waals surface area contributed by atoms with Crippen LogP contribution in [0.3, 0.4) is 0 Å². The lowest BCUT2D eigenvalue weighted by Gasteiger charge is -2.11. The third kappa shape index (κ3) is 4.76. The van der Waals surface area contributed by atoms with E-state index in [2.05, 4.69) is 11.4 Å². The first-order chi connectivity index (χ1) is 12.8. The molecule has 3 rings (SSSR count). The lowest BCUT2D eigenvalue weighted by atomic mass is 10.1. The average molecular weight is 349 g/mol. The van der Waals surface area contributed by atoms with Crippen molar-refractivity contribution in [3.8, 4) is 11.5 Å². The van der Waals surface area contributed by atoms with Crippen molar-refractivity contribution in [3.63, 3.8) is 0 Å². The summed E-state index contributed by atoms with van der Waals surface area (Å²) < 4.78 is 11.3. The molecule has 0 aliphatic heterocycles. The zero-order chi connectivity index (χ0) is 18.2. The molecule has 0 bridgehead atoms. The second-order valence-corrected chi connectivity index (χ2v) is 5.94. The minimum absolute atomic E-state index is 0.0121. The van der Waals surface area contributed by atoms with E-state index in [-0.39, 0.29) is 5.91 Å². The largest absolute Gasteiger partial charge is 0.490 e. The number of carbonyl (C=O) groups is 1. The first kappa shape index (κ1) is 17.8. The first-order valence-electron chi connectivity index (χ1n) is 8.89. The molecule has 0 aliphatic rings. The highest BCUT2D eigenvalue weighted by atomic mass is 16.5. The predicted octanol–water partition coefficient (Wildman–Crippen LogP) is 5.04. The number of carbonyl (C=O) groups excluding carboxylic acids is 1. The highest BCUT2D eigenvalue weighted by Gasteiger charge is 2.06. The van der Waals surface area contributed by atoms with E-state index in [1.807, 2.05) is 67.6 Å². The zero-order valence-corrected chi connectivity index (χ0v) is 14.9. The second kappa shape index (κ2) is 8.90. The summed E-state index contributed by atoms with van der Waals surface area (Å²) in [5.41, 5.74) is 0.816. The van der Waals surface area contributed by atoms with Gasteiger partial charge in [0.2, 0.25) is 5.91 Å². The number of nitrogens with one attached hydrogen (secondary N) is 1. The maximum Gasteiger partial charge on any atom is 0.224 e. The van der Waals surface area contributed by atoms with Gasteiger partial charge < -0.3 is 14.8 Å². The van der Waals surface area contributed by atoms with Crippen molar-refractivity contribution in [2.45, 2.75) is 19.8 Å². The molecule has 0 saturated carbocycles. The van der Waals surface area contributed by atoms with Crippen LogP contribution in [0.4, 0.5) is 5.69 Å². The van der Waals surface area contributed by atoms with Gasteiger partial charge in [0.1, 0.15) is 0 Å². The molecule has 0 atom stereocenters. The van der Waals surface area contributed by atoms with Gasteiger partial charge >= 0.3 is 0 Å². The Morgan fingerprint density at radius 3 is 2.35 bits per heavy atom. The SMILES string of the molecule is CCOc1ccccc1OCCCC(=O)Nc1ccc2ccccc2c1. The molecule has 4 heteroatoms. The van der Waals surface area contributed by atoms with Crippen LogP contribution in [0.1, 0.15) is 19.8 Å². The van der Waals surface area contributed by atoms with Gasteiger partial charge in [0.15, 0.2) is 11.5 Å². The van der Waals surface area contributed by atoms with Gasteiger partial charge in [0.05, 0.1) is 13.2 Å². The molecule has 0 unspecified atom stereocenters. The summed E-state index contributed by atoms with van der Waals surface area (Å²) in [6.45, 7) is 3.00. The summed E-state index contributed by atoms with van der Waals surface area (Å²) in [6.07, 6.45) is 1.05. The van der Waals surface area contributed by atoms with Gasteiger partial charge in [0, 0.05) is 12.1 Å². The highest BCUT2D eigenvalue weighted by molar-refractivity contribution is 5.94. The number of hydrogen-bond donors (Lipinski definition) is 1. The summed E-state index contributed by atoms with van der Waals surface area (Å²) in [5, 5.41) is 5.22. The van der Waals surface area contributed by atoms with E-state index in [4.69, 9.17) is 9.47 Å². The van der Waals surface area contributed by atoms with Crippen LogP contribution >= 0.6 is 0 Å². The minimum Gasteiger partial charge on any atom is -0.490 e. The summed E-state index contributed by atoms with van der Waals surface area (Å²) in [4.78, 5) is 12.1. The van der Waals surface area contributed by atoms with Crippen LogP contribution in [0, 0.1) is 0 Å². The van der Waals surface area contributed by atoms with Gasteiger partial charge in [-0.2, -0.15) is 0 Å². The molecule has 4 nitrogen and oxygen atoms in total. The number of amides is 1. The van der Waals surface area contributed by atoms with E-state index in [1.54, 1.807) is 0 Å². The van der Waals surface area contributed by atoms with Crippen LogP contribution in [0.15, 0.2) is 66.7 Å². The zero-order valence-electron chi connectivity index (χ0n) is 14.9. The number of fused-ring (bicyclic) bond motifs is 1. The van der Waals surface area contributed by atoms with Crippen molar-refractivity contribution in [2.75, 3.05) is 18.5 Å². The topological polar surface area (TPSA) is 47.6 Å². The Bertz CT molecular complexity index is 876. The van der Waals surface area contributed by atoms with Crippen molar-refractivity contribution in [3.05, 3.63) is 66.7 Å². The van der Waals surface area contributed by atoms with Crippen LogP contribution in [0.25, 0.3) is 10.8 Å². The number of para-hydroxylation sites is 2. The van der Waals surface area contributed by atoms with E-state index in [9.17, 15) is 4.79 Å². The van der Waals surface area contributed by atoms with Crippen LogP contribution in [0.2, 0.25) is 0 Å². The fourth-order valence-electron chi connectivity index (χ4n) is 2.75. The van der Waals surface area contributed by atoms with Crippen molar-refractivity contribution in [1.29, 1.82) is 0 Å². The maximum atomic E-state index is 12.1. The summed E-state index contributed by atoms with van der Waals surface area (Å²) in [5.74, 6) is 1.43. The Morgan fingerprint density at radius 1 is 0.885 bits per heavy atom. The van der Waals surface area contributed by atoms with Crippen molar-refractivity contribution < 1.29 is 14.3 Å². The standard InChI is InChI=1S/C22H23NO3/c1-2-25-20-10-5-6-11-21(20)26-15-7-12-22(24)23-19-14-13-17-8-3-4-9-18(17)16-19/h3-6,8-11,13-14,16H,2,7,12,15H2,1H3,(H,23,24). The van der Waals surface area contributed by atoms with Crippen LogP contribution in [-0.4, -0.2) is 19.1 Å². The van der Waals surface area contributed by atoms with Gasteiger partial charge in [-0.1, -0.05) is 42.5 Å². The van der Waals surface area contributed by atoms with Crippen molar-refractivity contribution in [1.82, 2.24) is 0 Å². The molecule has 0 aliphatic carbocycles. The Morgan fingerprint density at radius 2 is 1.58 bits per heavy atom. The number of benzene rings is 3. The summed E-state index contributed by atoms with van der Waals surface area (Å²) >= 11 is 0. The fourth-order valence-corrected chi connectivity index (χ4v) is 2.75. The summed E-state index contributed by atoms with van der Waals surface area (Å²) in [7, 11) is 0. The molecule has 0 fully saturated rings.